The molecular formula is C26H27N5. The van der Waals surface area contributed by atoms with E-state index in [0.717, 1.165) is 70.2 Å². The summed E-state index contributed by atoms with van der Waals surface area (Å²) in [5, 5.41) is 9.23. The van der Waals surface area contributed by atoms with Crippen molar-refractivity contribution in [1.82, 2.24) is 19.9 Å². The van der Waals surface area contributed by atoms with Crippen LogP contribution in [0.4, 0.5) is 0 Å². The van der Waals surface area contributed by atoms with E-state index >= 15 is 0 Å². The maximum atomic E-state index is 8.77. The summed E-state index contributed by atoms with van der Waals surface area (Å²) >= 11 is 0. The minimum Gasteiger partial charge on any atom is -0.355 e. The molecule has 0 atom stereocenters. The fourth-order valence-electron chi connectivity index (χ4n) is 4.35. The van der Waals surface area contributed by atoms with Gasteiger partial charge in [0.05, 0.1) is 22.4 Å². The average Bonchev–Trinajstić information content (AvgIpc) is 3.57. The fraction of sp³-hybridized carbons (Fsp3) is 0.231. The van der Waals surface area contributed by atoms with Crippen molar-refractivity contribution >= 4 is 45.3 Å². The second kappa shape index (κ2) is 7.91. The molecule has 0 fully saturated rings. The predicted molar refractivity (Wildman–Crippen MR) is 129 cm³/mol. The Kier molecular flexibility index (Phi) is 4.94. The van der Waals surface area contributed by atoms with Gasteiger partial charge in [-0.1, -0.05) is 26.7 Å². The standard InChI is InChI=1S/C26H27N5/c1-3-5-18-20-9-7-16(28-20)15-17-8-10-21(29-17)19(6-4-2)23-12-14-25(31-23)26(27)24-13-11-22(18)30-24/h7-15,27-28,30-31H,3-6H2,1-2H3. The van der Waals surface area contributed by atoms with E-state index in [-0.39, 0.29) is 0 Å². The summed E-state index contributed by atoms with van der Waals surface area (Å²) in [6, 6.07) is 14.5. The molecule has 5 heteroatoms. The molecule has 0 radical (unpaired) electrons. The first-order valence-corrected chi connectivity index (χ1v) is 11.0. The van der Waals surface area contributed by atoms with E-state index in [1.165, 1.54) is 11.1 Å². The number of aromatic amines is 3. The van der Waals surface area contributed by atoms with Gasteiger partial charge in [0.25, 0.3) is 0 Å². The Hall–Kier alpha value is -3.60. The zero-order valence-corrected chi connectivity index (χ0v) is 18.0. The summed E-state index contributed by atoms with van der Waals surface area (Å²) in [5.41, 5.74) is 10.2. The van der Waals surface area contributed by atoms with Crippen LogP contribution in [0.15, 0.2) is 42.5 Å². The van der Waals surface area contributed by atoms with Crippen LogP contribution in [0.2, 0.25) is 0 Å². The van der Waals surface area contributed by atoms with Crippen molar-refractivity contribution in [3.63, 3.8) is 0 Å². The number of nitrogens with one attached hydrogen (secondary N) is 4. The van der Waals surface area contributed by atoms with Crippen molar-refractivity contribution < 1.29 is 0 Å². The van der Waals surface area contributed by atoms with Crippen LogP contribution in [0.25, 0.3) is 45.3 Å². The second-order valence-electron chi connectivity index (χ2n) is 8.13. The Morgan fingerprint density at radius 1 is 0.710 bits per heavy atom. The van der Waals surface area contributed by atoms with Gasteiger partial charge < -0.3 is 15.0 Å². The second-order valence-corrected chi connectivity index (χ2v) is 8.13. The third kappa shape index (κ3) is 3.56. The van der Waals surface area contributed by atoms with E-state index < -0.39 is 0 Å². The van der Waals surface area contributed by atoms with Crippen molar-refractivity contribution in [3.8, 4) is 0 Å². The van der Waals surface area contributed by atoms with E-state index in [4.69, 9.17) is 10.4 Å². The zero-order chi connectivity index (χ0) is 21.4. The molecule has 0 unspecified atom stereocenters. The first-order valence-electron chi connectivity index (χ1n) is 11.0. The van der Waals surface area contributed by atoms with Crippen molar-refractivity contribution in [1.29, 1.82) is 5.41 Å². The van der Waals surface area contributed by atoms with Crippen LogP contribution in [0, 0.1) is 5.41 Å². The third-order valence-corrected chi connectivity index (χ3v) is 5.87. The monoisotopic (exact) mass is 409 g/mol. The minimum atomic E-state index is 0.466. The van der Waals surface area contributed by atoms with Gasteiger partial charge in [0.2, 0.25) is 0 Å². The number of fused-ring (bicyclic) bond motifs is 8. The maximum Gasteiger partial charge on any atom is 0.101 e. The van der Waals surface area contributed by atoms with E-state index in [1.807, 2.05) is 12.1 Å². The van der Waals surface area contributed by atoms with Gasteiger partial charge in [0.15, 0.2) is 0 Å². The summed E-state index contributed by atoms with van der Waals surface area (Å²) in [5.74, 6) is 0. The molecule has 0 spiro atoms. The summed E-state index contributed by atoms with van der Waals surface area (Å²) in [7, 11) is 0. The highest BCUT2D eigenvalue weighted by Crippen LogP contribution is 2.22. The molecule has 4 aromatic heterocycles. The highest BCUT2D eigenvalue weighted by Gasteiger charge is 2.08. The van der Waals surface area contributed by atoms with Crippen LogP contribution in [-0.4, -0.2) is 19.9 Å². The topological polar surface area (TPSA) is 84.1 Å². The molecule has 0 saturated heterocycles. The lowest BCUT2D eigenvalue weighted by Gasteiger charge is -2.00. The fourth-order valence-corrected chi connectivity index (χ4v) is 4.35. The van der Waals surface area contributed by atoms with E-state index in [0.29, 0.717) is 5.36 Å². The van der Waals surface area contributed by atoms with E-state index in [9.17, 15) is 0 Å². The Labute approximate surface area is 180 Å². The van der Waals surface area contributed by atoms with Crippen LogP contribution in [0.1, 0.15) is 49.2 Å². The SMILES string of the molecule is CCCc1c2nc(cc3ccc([nH]3)c(CCC)c3ccc([nH]3)c(=N)c3ccc1[nH]3)C=C2. The number of nitrogens with zero attached hydrogens (tertiary/aromatic N) is 1. The first kappa shape index (κ1) is 19.4. The molecule has 8 bridgehead atoms. The number of hydrogen-bond acceptors (Lipinski definition) is 2. The third-order valence-electron chi connectivity index (χ3n) is 5.87. The van der Waals surface area contributed by atoms with Crippen molar-refractivity contribution in [2.45, 2.75) is 39.5 Å². The molecule has 1 aliphatic rings. The van der Waals surface area contributed by atoms with Crippen molar-refractivity contribution in [3.05, 3.63) is 70.3 Å². The quantitative estimate of drug-likeness (QED) is 0.285. The molecule has 0 aromatic carbocycles. The predicted octanol–water partition coefficient (Wildman–Crippen LogP) is 6.08. The number of H-pyrrole nitrogens is 3. The van der Waals surface area contributed by atoms with Crippen LogP contribution in [0.5, 0.6) is 0 Å². The van der Waals surface area contributed by atoms with Crippen LogP contribution in [-0.2, 0) is 12.8 Å². The molecule has 5 heterocycles. The molecule has 31 heavy (non-hydrogen) atoms. The molecule has 0 amide bonds. The van der Waals surface area contributed by atoms with Gasteiger partial charge in [-0.3, -0.25) is 5.41 Å². The van der Waals surface area contributed by atoms with Gasteiger partial charge >= 0.3 is 0 Å². The highest BCUT2D eigenvalue weighted by molar-refractivity contribution is 5.79. The lowest BCUT2D eigenvalue weighted by atomic mass is 10.1. The van der Waals surface area contributed by atoms with Gasteiger partial charge in [0.1, 0.15) is 5.36 Å². The van der Waals surface area contributed by atoms with Gasteiger partial charge in [-0.15, -0.1) is 0 Å². The van der Waals surface area contributed by atoms with Crippen molar-refractivity contribution in [2.75, 3.05) is 0 Å². The molecule has 4 aromatic rings. The normalized spacial score (nSPS) is 12.1. The molecule has 0 aliphatic carbocycles. The largest absolute Gasteiger partial charge is 0.355 e. The Balaban J connectivity index is 1.93. The molecule has 1 aliphatic heterocycles. The number of aryl methyl sites for hydroxylation is 2. The molecular weight excluding hydrogens is 382 g/mol. The lowest BCUT2D eigenvalue weighted by Crippen LogP contribution is -1.99. The van der Waals surface area contributed by atoms with Gasteiger partial charge in [0, 0.05) is 27.6 Å². The molecule has 5 nitrogen and oxygen atoms in total. The summed E-state index contributed by atoms with van der Waals surface area (Å²) in [6.07, 6.45) is 8.12. The van der Waals surface area contributed by atoms with Gasteiger partial charge in [-0.25, -0.2) is 4.98 Å². The van der Waals surface area contributed by atoms with Crippen LogP contribution >= 0.6 is 0 Å². The smallest absolute Gasteiger partial charge is 0.101 e. The molecule has 4 N–H and O–H groups in total. The summed E-state index contributed by atoms with van der Waals surface area (Å²) in [4.78, 5) is 15.4. The van der Waals surface area contributed by atoms with E-state index in [1.54, 1.807) is 0 Å². The maximum absolute atomic E-state index is 8.77. The Bertz CT molecular complexity index is 1480. The minimum absolute atomic E-state index is 0.466. The molecule has 5 rings (SSSR count). The number of aromatic nitrogens is 4. The first-order chi connectivity index (χ1) is 15.2. The highest BCUT2D eigenvalue weighted by atomic mass is 14.8. The van der Waals surface area contributed by atoms with Crippen molar-refractivity contribution in [2.24, 2.45) is 0 Å². The summed E-state index contributed by atoms with van der Waals surface area (Å²) in [6.45, 7) is 4.37. The van der Waals surface area contributed by atoms with Crippen LogP contribution < -0.4 is 5.36 Å². The molecule has 156 valence electrons. The van der Waals surface area contributed by atoms with Gasteiger partial charge in [-0.2, -0.15) is 0 Å². The zero-order valence-electron chi connectivity index (χ0n) is 18.0. The Morgan fingerprint density at radius 2 is 1.29 bits per heavy atom. The van der Waals surface area contributed by atoms with E-state index in [2.05, 4.69) is 71.3 Å². The number of hydrogen-bond donors (Lipinski definition) is 4. The van der Waals surface area contributed by atoms with Gasteiger partial charge in [-0.05, 0) is 73.0 Å². The Morgan fingerprint density at radius 3 is 2.00 bits per heavy atom. The average molecular weight is 410 g/mol. The lowest BCUT2D eigenvalue weighted by molar-refractivity contribution is 0.919. The van der Waals surface area contributed by atoms with Crippen LogP contribution in [0.3, 0.4) is 0 Å². The number of rotatable bonds is 4. The molecule has 0 saturated carbocycles. The summed E-state index contributed by atoms with van der Waals surface area (Å²) < 4.78 is 0.